The van der Waals surface area contributed by atoms with Crippen LogP contribution in [0.25, 0.3) is 0 Å². The van der Waals surface area contributed by atoms with Crippen molar-refractivity contribution in [3.8, 4) is 0 Å². The molecule has 1 aliphatic rings. The number of nitrogens with zero attached hydrogens (tertiary/aromatic N) is 1. The van der Waals surface area contributed by atoms with Crippen LogP contribution in [-0.2, 0) is 17.6 Å². The van der Waals surface area contributed by atoms with Gasteiger partial charge in [0.1, 0.15) is 0 Å². The number of rotatable bonds is 4. The van der Waals surface area contributed by atoms with E-state index in [9.17, 15) is 4.79 Å². The van der Waals surface area contributed by atoms with E-state index < -0.39 is 0 Å². The van der Waals surface area contributed by atoms with Crippen molar-refractivity contribution < 1.29 is 4.79 Å². The van der Waals surface area contributed by atoms with Crippen molar-refractivity contribution in [2.75, 3.05) is 13.1 Å². The summed E-state index contributed by atoms with van der Waals surface area (Å²) in [6.45, 7) is 3.00. The molecule has 18 heavy (non-hydrogen) atoms. The molecule has 0 saturated carbocycles. The first kappa shape index (κ1) is 13.0. The highest BCUT2D eigenvalue weighted by Gasteiger charge is 2.29. The Bertz CT molecular complexity index is 448. The molecule has 4 heteroatoms. The van der Waals surface area contributed by atoms with E-state index in [0.717, 1.165) is 12.8 Å². The van der Waals surface area contributed by atoms with Gasteiger partial charge in [0.25, 0.3) is 0 Å². The van der Waals surface area contributed by atoms with Gasteiger partial charge in [0.15, 0.2) is 0 Å². The number of hydrogen-bond acceptors (Lipinski definition) is 2. The molecule has 0 atom stereocenters. The maximum absolute atomic E-state index is 12.4. The molecule has 0 aliphatic heterocycles. The van der Waals surface area contributed by atoms with Crippen LogP contribution in [0.4, 0.5) is 0 Å². The molecule has 1 amide bonds. The van der Waals surface area contributed by atoms with Crippen LogP contribution >= 0.6 is 12.2 Å². The van der Waals surface area contributed by atoms with Gasteiger partial charge in [0.2, 0.25) is 5.91 Å². The number of benzene rings is 1. The fourth-order valence-corrected chi connectivity index (χ4v) is 2.68. The van der Waals surface area contributed by atoms with Gasteiger partial charge >= 0.3 is 0 Å². The van der Waals surface area contributed by atoms with Crippen LogP contribution in [0.2, 0.25) is 0 Å². The van der Waals surface area contributed by atoms with E-state index in [1.807, 2.05) is 19.1 Å². The summed E-state index contributed by atoms with van der Waals surface area (Å²) >= 11 is 4.89. The first-order chi connectivity index (χ1) is 8.61. The Morgan fingerprint density at radius 3 is 2.39 bits per heavy atom. The Balaban J connectivity index is 2.06. The lowest BCUT2D eigenvalue weighted by atomic mass is 10.0. The second-order valence-corrected chi connectivity index (χ2v) is 5.22. The maximum atomic E-state index is 12.4. The quantitative estimate of drug-likeness (QED) is 0.837. The molecule has 0 fully saturated rings. The second-order valence-electron chi connectivity index (χ2n) is 4.69. The van der Waals surface area contributed by atoms with E-state index in [1.54, 1.807) is 4.90 Å². The molecule has 1 aromatic rings. The van der Waals surface area contributed by atoms with E-state index in [1.165, 1.54) is 11.1 Å². The monoisotopic (exact) mass is 262 g/mol. The molecule has 96 valence electrons. The molecule has 3 nitrogen and oxygen atoms in total. The van der Waals surface area contributed by atoms with Crippen LogP contribution in [0, 0.1) is 5.92 Å². The predicted octanol–water partition coefficient (Wildman–Crippen LogP) is 1.54. The number of amides is 1. The van der Waals surface area contributed by atoms with Crippen LogP contribution < -0.4 is 5.73 Å². The van der Waals surface area contributed by atoms with Crippen molar-refractivity contribution in [2.24, 2.45) is 11.7 Å². The van der Waals surface area contributed by atoms with Crippen LogP contribution in [0.15, 0.2) is 24.3 Å². The largest absolute Gasteiger partial charge is 0.392 e. The Kier molecular flexibility index (Phi) is 3.97. The lowest BCUT2D eigenvalue weighted by Crippen LogP contribution is -2.41. The normalized spacial score (nSPS) is 14.3. The fourth-order valence-electron chi connectivity index (χ4n) is 2.53. The van der Waals surface area contributed by atoms with E-state index in [4.69, 9.17) is 18.0 Å². The highest BCUT2D eigenvalue weighted by Crippen LogP contribution is 2.27. The summed E-state index contributed by atoms with van der Waals surface area (Å²) in [5, 5.41) is 0. The Labute approximate surface area is 113 Å². The number of likely N-dealkylation sites (N-methyl/N-ethyl adjacent to an activating group) is 1. The topological polar surface area (TPSA) is 46.3 Å². The standard InChI is InChI=1S/C14H18N2OS/c1-2-16(9-13(15)18)14(17)12-7-10-5-3-4-6-11(10)8-12/h3-6,12H,2,7-9H2,1H3,(H2,15,18). The van der Waals surface area contributed by atoms with Gasteiger partial charge in [0.05, 0.1) is 11.5 Å². The Hall–Kier alpha value is -1.42. The van der Waals surface area contributed by atoms with Gasteiger partial charge in [-0.05, 0) is 30.9 Å². The molecule has 0 radical (unpaired) electrons. The molecular formula is C14H18N2OS. The Morgan fingerprint density at radius 1 is 1.39 bits per heavy atom. The van der Waals surface area contributed by atoms with E-state index in [0.29, 0.717) is 18.1 Å². The number of nitrogens with two attached hydrogens (primary N) is 1. The van der Waals surface area contributed by atoms with Crippen LogP contribution in [0.1, 0.15) is 18.1 Å². The summed E-state index contributed by atoms with van der Waals surface area (Å²) in [5.74, 6) is 0.221. The van der Waals surface area contributed by atoms with Gasteiger partial charge in [-0.2, -0.15) is 0 Å². The lowest BCUT2D eigenvalue weighted by molar-refractivity contribution is -0.134. The second kappa shape index (κ2) is 5.48. The Morgan fingerprint density at radius 2 is 1.94 bits per heavy atom. The predicted molar refractivity (Wildman–Crippen MR) is 76.4 cm³/mol. The molecule has 1 aromatic carbocycles. The van der Waals surface area contributed by atoms with Crippen LogP contribution in [-0.4, -0.2) is 28.9 Å². The summed E-state index contributed by atoms with van der Waals surface area (Å²) in [6.07, 6.45) is 1.67. The average Bonchev–Trinajstić information content (AvgIpc) is 2.78. The summed E-state index contributed by atoms with van der Waals surface area (Å²) < 4.78 is 0. The van der Waals surface area contributed by atoms with Crippen molar-refractivity contribution in [1.29, 1.82) is 0 Å². The first-order valence-electron chi connectivity index (χ1n) is 6.25. The zero-order valence-electron chi connectivity index (χ0n) is 10.6. The number of carbonyl (C=O) groups is 1. The zero-order valence-corrected chi connectivity index (χ0v) is 11.4. The van der Waals surface area contributed by atoms with Gasteiger partial charge in [-0.3, -0.25) is 4.79 Å². The molecule has 0 unspecified atom stereocenters. The third kappa shape index (κ3) is 2.70. The number of fused-ring (bicyclic) bond motifs is 1. The minimum absolute atomic E-state index is 0.0525. The SMILES string of the molecule is CCN(CC(N)=S)C(=O)C1Cc2ccccc2C1. The van der Waals surface area contributed by atoms with Crippen molar-refractivity contribution in [2.45, 2.75) is 19.8 Å². The molecular weight excluding hydrogens is 244 g/mol. The highest BCUT2D eigenvalue weighted by molar-refractivity contribution is 7.80. The summed E-state index contributed by atoms with van der Waals surface area (Å²) in [6, 6.07) is 8.26. The van der Waals surface area contributed by atoms with E-state index in [-0.39, 0.29) is 11.8 Å². The average molecular weight is 262 g/mol. The van der Waals surface area contributed by atoms with Gasteiger partial charge in [0, 0.05) is 12.5 Å². The molecule has 0 spiro atoms. The van der Waals surface area contributed by atoms with E-state index in [2.05, 4.69) is 12.1 Å². The molecule has 2 N–H and O–H groups in total. The lowest BCUT2D eigenvalue weighted by Gasteiger charge is -2.23. The minimum Gasteiger partial charge on any atom is -0.392 e. The van der Waals surface area contributed by atoms with Gasteiger partial charge in [-0.25, -0.2) is 0 Å². The van der Waals surface area contributed by atoms with Gasteiger partial charge < -0.3 is 10.6 Å². The minimum atomic E-state index is 0.0525. The number of thiocarbonyl (C=S) groups is 1. The van der Waals surface area contributed by atoms with Crippen molar-refractivity contribution in [3.63, 3.8) is 0 Å². The van der Waals surface area contributed by atoms with Crippen LogP contribution in [0.3, 0.4) is 0 Å². The summed E-state index contributed by atoms with van der Waals surface area (Å²) in [7, 11) is 0. The maximum Gasteiger partial charge on any atom is 0.226 e. The molecule has 0 bridgehead atoms. The smallest absolute Gasteiger partial charge is 0.226 e. The molecule has 0 aromatic heterocycles. The molecule has 0 saturated heterocycles. The van der Waals surface area contributed by atoms with Crippen molar-refractivity contribution >= 4 is 23.1 Å². The van der Waals surface area contributed by atoms with Crippen molar-refractivity contribution in [1.82, 2.24) is 4.90 Å². The molecule has 1 aliphatic carbocycles. The highest BCUT2D eigenvalue weighted by atomic mass is 32.1. The van der Waals surface area contributed by atoms with Gasteiger partial charge in [-0.15, -0.1) is 0 Å². The zero-order chi connectivity index (χ0) is 13.1. The van der Waals surface area contributed by atoms with Gasteiger partial charge in [-0.1, -0.05) is 36.5 Å². The number of carbonyl (C=O) groups excluding carboxylic acids is 1. The van der Waals surface area contributed by atoms with Crippen LogP contribution in [0.5, 0.6) is 0 Å². The fraction of sp³-hybridized carbons (Fsp3) is 0.429. The summed E-state index contributed by atoms with van der Waals surface area (Å²) in [4.78, 5) is 14.5. The third-order valence-electron chi connectivity index (χ3n) is 3.44. The first-order valence-corrected chi connectivity index (χ1v) is 6.66. The van der Waals surface area contributed by atoms with Crippen molar-refractivity contribution in [3.05, 3.63) is 35.4 Å². The number of hydrogen-bond donors (Lipinski definition) is 1. The molecule has 0 heterocycles. The third-order valence-corrected chi connectivity index (χ3v) is 3.57. The summed E-state index contributed by atoms with van der Waals surface area (Å²) in [5.41, 5.74) is 8.11. The van der Waals surface area contributed by atoms with E-state index >= 15 is 0 Å². The molecule has 2 rings (SSSR count).